The van der Waals surface area contributed by atoms with Crippen molar-refractivity contribution in [1.29, 1.82) is 0 Å². The lowest BCUT2D eigenvalue weighted by Gasteiger charge is -2.21. The molecule has 7 heteroatoms. The normalized spacial score (nSPS) is 14.4. The van der Waals surface area contributed by atoms with E-state index in [-0.39, 0.29) is 17.0 Å². The maximum Gasteiger partial charge on any atom is 0.338 e. The van der Waals surface area contributed by atoms with Crippen molar-refractivity contribution in [3.8, 4) is 0 Å². The van der Waals surface area contributed by atoms with E-state index in [1.165, 1.54) is 4.90 Å². The average molecular weight is 419 g/mol. The van der Waals surface area contributed by atoms with Gasteiger partial charge in [0.15, 0.2) is 6.10 Å². The van der Waals surface area contributed by atoms with Gasteiger partial charge in [-0.1, -0.05) is 24.6 Å². The lowest BCUT2D eigenvalue weighted by Crippen LogP contribution is -2.37. The van der Waals surface area contributed by atoms with Crippen LogP contribution in [0.1, 0.15) is 42.4 Å². The summed E-state index contributed by atoms with van der Waals surface area (Å²) < 4.78 is 7.15. The smallest absolute Gasteiger partial charge is 0.338 e. The van der Waals surface area contributed by atoms with E-state index in [9.17, 15) is 14.4 Å². The van der Waals surface area contributed by atoms with E-state index in [0.29, 0.717) is 23.1 Å². The van der Waals surface area contributed by atoms with Crippen LogP contribution in [0.5, 0.6) is 0 Å². The van der Waals surface area contributed by atoms with Crippen LogP contribution in [-0.4, -0.2) is 34.6 Å². The molecule has 2 heterocycles. The molecule has 1 aliphatic heterocycles. The minimum absolute atomic E-state index is 0.0742. The number of fused-ring (bicyclic) bond motifs is 2. The topological polar surface area (TPSA) is 81.5 Å². The molecule has 31 heavy (non-hydrogen) atoms. The number of nitrogens with zero attached hydrogens (tertiary/aromatic N) is 3. The number of carbonyl (C=O) groups is 2. The lowest BCUT2D eigenvalue weighted by atomic mass is 10.1. The molecule has 0 aliphatic carbocycles. The first-order valence-electron chi connectivity index (χ1n) is 10.5. The van der Waals surface area contributed by atoms with Crippen LogP contribution in [-0.2, 0) is 22.5 Å². The van der Waals surface area contributed by atoms with Gasteiger partial charge in [-0.05, 0) is 50.1 Å². The Morgan fingerprint density at radius 1 is 1.10 bits per heavy atom. The number of aryl methyl sites for hydroxylation is 1. The first kappa shape index (κ1) is 20.8. The second-order valence-electron chi connectivity index (χ2n) is 7.81. The molecule has 1 atom stereocenters. The number of esters is 1. The van der Waals surface area contributed by atoms with Crippen LogP contribution >= 0.6 is 0 Å². The molecule has 1 amide bonds. The Kier molecular flexibility index (Phi) is 5.84. The fourth-order valence-corrected chi connectivity index (χ4v) is 3.88. The molecule has 0 unspecified atom stereocenters. The maximum atomic E-state index is 12.8. The van der Waals surface area contributed by atoms with Gasteiger partial charge in [-0.3, -0.25) is 14.2 Å². The van der Waals surface area contributed by atoms with E-state index in [0.717, 1.165) is 31.5 Å². The van der Waals surface area contributed by atoms with E-state index in [1.54, 1.807) is 36.7 Å². The number of hydrogen-bond acceptors (Lipinski definition) is 5. The molecule has 0 bridgehead atoms. The number of anilines is 1. The Morgan fingerprint density at radius 2 is 1.87 bits per heavy atom. The van der Waals surface area contributed by atoms with E-state index in [2.05, 4.69) is 4.98 Å². The van der Waals surface area contributed by atoms with Crippen molar-refractivity contribution in [1.82, 2.24) is 9.55 Å². The minimum Gasteiger partial charge on any atom is -0.449 e. The van der Waals surface area contributed by atoms with Crippen LogP contribution in [0.3, 0.4) is 0 Å². The number of para-hydroxylation sites is 1. The number of ether oxygens (including phenoxy) is 1. The zero-order chi connectivity index (χ0) is 22.0. The standard InChI is InChI=1S/C24H25N3O4/c1-16(22(28)26(2)18-9-5-3-6-10-18)31-24(30)17-12-13-19-20(15-17)25-21-11-7-4-8-14-27(21)23(19)29/h3,5-6,9-10,12-13,15-16H,4,7-8,11,14H2,1-2H3/t16-/m0/s1. The van der Waals surface area contributed by atoms with Crippen molar-refractivity contribution >= 4 is 28.5 Å². The number of likely N-dealkylation sites (N-methyl/N-ethyl adjacent to an activating group) is 1. The molecule has 4 rings (SSSR count). The highest BCUT2D eigenvalue weighted by Gasteiger charge is 2.24. The second kappa shape index (κ2) is 8.71. The molecule has 0 saturated carbocycles. The first-order chi connectivity index (χ1) is 15.0. The Labute approximate surface area is 180 Å². The molecule has 0 N–H and O–H groups in total. The number of rotatable bonds is 4. The summed E-state index contributed by atoms with van der Waals surface area (Å²) >= 11 is 0. The lowest BCUT2D eigenvalue weighted by molar-refractivity contribution is -0.126. The summed E-state index contributed by atoms with van der Waals surface area (Å²) in [5.74, 6) is -0.198. The number of amides is 1. The first-order valence-corrected chi connectivity index (χ1v) is 10.5. The number of benzene rings is 2. The Bertz CT molecular complexity index is 1190. The molecule has 3 aromatic rings. The molecule has 1 aliphatic rings. The highest BCUT2D eigenvalue weighted by Crippen LogP contribution is 2.18. The largest absolute Gasteiger partial charge is 0.449 e. The van der Waals surface area contributed by atoms with Crippen molar-refractivity contribution < 1.29 is 14.3 Å². The fraction of sp³-hybridized carbons (Fsp3) is 0.333. The summed E-state index contributed by atoms with van der Waals surface area (Å²) in [7, 11) is 1.64. The van der Waals surface area contributed by atoms with Gasteiger partial charge < -0.3 is 9.64 Å². The van der Waals surface area contributed by atoms with Crippen molar-refractivity contribution in [2.75, 3.05) is 11.9 Å². The van der Waals surface area contributed by atoms with Crippen LogP contribution in [0.25, 0.3) is 10.9 Å². The predicted octanol–water partition coefficient (Wildman–Crippen LogP) is 3.33. The van der Waals surface area contributed by atoms with Gasteiger partial charge in [0.25, 0.3) is 11.5 Å². The maximum absolute atomic E-state index is 12.8. The Hall–Kier alpha value is -3.48. The molecule has 2 aromatic carbocycles. The third-order valence-electron chi connectivity index (χ3n) is 5.66. The van der Waals surface area contributed by atoms with Gasteiger partial charge in [0, 0.05) is 25.7 Å². The molecule has 0 saturated heterocycles. The summed E-state index contributed by atoms with van der Waals surface area (Å²) in [5.41, 5.74) is 1.38. The second-order valence-corrected chi connectivity index (χ2v) is 7.81. The van der Waals surface area contributed by atoms with Crippen LogP contribution in [0, 0.1) is 0 Å². The Morgan fingerprint density at radius 3 is 2.65 bits per heavy atom. The highest BCUT2D eigenvalue weighted by atomic mass is 16.5. The zero-order valence-electron chi connectivity index (χ0n) is 17.7. The third kappa shape index (κ3) is 4.21. The highest BCUT2D eigenvalue weighted by molar-refractivity contribution is 5.99. The van der Waals surface area contributed by atoms with Crippen molar-refractivity contribution in [3.05, 3.63) is 70.3 Å². The van der Waals surface area contributed by atoms with Gasteiger partial charge in [-0.15, -0.1) is 0 Å². The summed E-state index contributed by atoms with van der Waals surface area (Å²) in [6, 6.07) is 13.9. The molecule has 0 radical (unpaired) electrons. The molecule has 7 nitrogen and oxygen atoms in total. The number of aromatic nitrogens is 2. The summed E-state index contributed by atoms with van der Waals surface area (Å²) in [6.45, 7) is 2.22. The van der Waals surface area contributed by atoms with E-state index < -0.39 is 12.1 Å². The average Bonchev–Trinajstić information content (AvgIpc) is 3.04. The zero-order valence-corrected chi connectivity index (χ0v) is 17.7. The molecule has 160 valence electrons. The van der Waals surface area contributed by atoms with Gasteiger partial charge in [-0.2, -0.15) is 0 Å². The third-order valence-corrected chi connectivity index (χ3v) is 5.66. The van der Waals surface area contributed by atoms with E-state index in [4.69, 9.17) is 4.74 Å². The van der Waals surface area contributed by atoms with Crippen LogP contribution in [0.2, 0.25) is 0 Å². The predicted molar refractivity (Wildman–Crippen MR) is 118 cm³/mol. The van der Waals surface area contributed by atoms with Gasteiger partial charge in [0.05, 0.1) is 16.5 Å². The van der Waals surface area contributed by atoms with Crippen molar-refractivity contribution in [2.45, 2.75) is 45.3 Å². The van der Waals surface area contributed by atoms with Crippen LogP contribution in [0.15, 0.2) is 53.3 Å². The summed E-state index contributed by atoms with van der Waals surface area (Å²) in [6.07, 6.45) is 2.82. The van der Waals surface area contributed by atoms with Crippen LogP contribution < -0.4 is 10.5 Å². The van der Waals surface area contributed by atoms with E-state index in [1.807, 2.05) is 30.3 Å². The van der Waals surface area contributed by atoms with Crippen molar-refractivity contribution in [2.24, 2.45) is 0 Å². The van der Waals surface area contributed by atoms with Gasteiger partial charge >= 0.3 is 5.97 Å². The van der Waals surface area contributed by atoms with Crippen LogP contribution in [0.4, 0.5) is 5.69 Å². The monoisotopic (exact) mass is 419 g/mol. The molecule has 1 aromatic heterocycles. The van der Waals surface area contributed by atoms with Gasteiger partial charge in [0.2, 0.25) is 0 Å². The summed E-state index contributed by atoms with van der Waals surface area (Å²) in [4.78, 5) is 44.3. The quantitative estimate of drug-likeness (QED) is 0.606. The minimum atomic E-state index is -0.959. The SMILES string of the molecule is C[C@H](OC(=O)c1ccc2c(=O)n3c(nc2c1)CCCCC3)C(=O)N(C)c1ccccc1. The van der Waals surface area contributed by atoms with Gasteiger partial charge in [0.1, 0.15) is 5.82 Å². The molecule has 0 spiro atoms. The van der Waals surface area contributed by atoms with E-state index >= 15 is 0 Å². The molecular weight excluding hydrogens is 394 g/mol. The van der Waals surface area contributed by atoms with Gasteiger partial charge in [-0.25, -0.2) is 9.78 Å². The number of hydrogen-bond donors (Lipinski definition) is 0. The van der Waals surface area contributed by atoms with Crippen molar-refractivity contribution in [3.63, 3.8) is 0 Å². The molecule has 0 fully saturated rings. The molecular formula is C24H25N3O4. The fourth-order valence-electron chi connectivity index (χ4n) is 3.88. The summed E-state index contributed by atoms with van der Waals surface area (Å²) in [5, 5.41) is 0.482. The number of carbonyl (C=O) groups excluding carboxylic acids is 2. The Balaban J connectivity index is 1.55.